The van der Waals surface area contributed by atoms with Gasteiger partial charge in [-0.25, -0.2) is 0 Å². The molecule has 0 spiro atoms. The van der Waals surface area contributed by atoms with Gasteiger partial charge in [0, 0.05) is 26.2 Å². The number of nitrogens with zero attached hydrogens (tertiary/aromatic N) is 2. The third kappa shape index (κ3) is 6.64. The molecule has 1 N–H and O–H groups in total. The summed E-state index contributed by atoms with van der Waals surface area (Å²) in [5.74, 6) is 1.40. The molecule has 0 aromatic heterocycles. The zero-order chi connectivity index (χ0) is 16.4. The van der Waals surface area contributed by atoms with E-state index in [2.05, 4.69) is 36.0 Å². The van der Waals surface area contributed by atoms with Gasteiger partial charge in [0.25, 0.3) is 0 Å². The summed E-state index contributed by atoms with van der Waals surface area (Å²) in [4.78, 5) is 18.4. The van der Waals surface area contributed by atoms with Gasteiger partial charge in [0.1, 0.15) is 0 Å². The molecule has 0 aliphatic carbocycles. The van der Waals surface area contributed by atoms with Gasteiger partial charge in [-0.05, 0) is 25.7 Å². The minimum atomic E-state index is -0.0938. The number of piperidine rings is 1. The average molecular weight is 313 g/mol. The number of carbonyl (C=O) groups is 1. The standard InChI is InChI=1S/C16H31N3O3/c1-5-17-16(18-8-11-22-12-13(2)3)19-9-6-14(7-10-19)15(20)21-4/h13-14H,5-12H2,1-4H3,(H,17,18). The van der Waals surface area contributed by atoms with Crippen LogP contribution in [0, 0.1) is 11.8 Å². The molecule has 0 bridgehead atoms. The number of methoxy groups -OCH3 is 1. The van der Waals surface area contributed by atoms with Crippen LogP contribution >= 0.6 is 0 Å². The predicted molar refractivity (Wildman–Crippen MR) is 87.9 cm³/mol. The number of aliphatic imine (C=N–C) groups is 1. The monoisotopic (exact) mass is 313 g/mol. The third-order valence-corrected chi connectivity index (χ3v) is 3.61. The number of nitrogens with one attached hydrogen (secondary N) is 1. The highest BCUT2D eigenvalue weighted by Crippen LogP contribution is 2.18. The Morgan fingerprint density at radius 1 is 1.36 bits per heavy atom. The van der Waals surface area contributed by atoms with Crippen LogP contribution in [0.1, 0.15) is 33.6 Å². The topological polar surface area (TPSA) is 63.2 Å². The molecule has 1 rings (SSSR count). The zero-order valence-corrected chi connectivity index (χ0v) is 14.4. The van der Waals surface area contributed by atoms with Gasteiger partial charge in [-0.1, -0.05) is 13.8 Å². The minimum Gasteiger partial charge on any atom is -0.469 e. The number of rotatable bonds is 7. The molecule has 0 aromatic carbocycles. The van der Waals surface area contributed by atoms with Crippen molar-refractivity contribution in [3.05, 3.63) is 0 Å². The van der Waals surface area contributed by atoms with E-state index in [0.29, 0.717) is 19.1 Å². The van der Waals surface area contributed by atoms with Gasteiger partial charge < -0.3 is 19.7 Å². The first-order valence-corrected chi connectivity index (χ1v) is 8.27. The van der Waals surface area contributed by atoms with Crippen LogP contribution in [0.2, 0.25) is 0 Å². The van der Waals surface area contributed by atoms with Crippen LogP contribution in [-0.2, 0) is 14.3 Å². The van der Waals surface area contributed by atoms with E-state index in [1.807, 2.05) is 0 Å². The van der Waals surface area contributed by atoms with Gasteiger partial charge in [0.2, 0.25) is 0 Å². The van der Waals surface area contributed by atoms with Crippen LogP contribution in [-0.4, -0.2) is 63.3 Å². The van der Waals surface area contributed by atoms with Crippen LogP contribution in [0.25, 0.3) is 0 Å². The molecule has 0 unspecified atom stereocenters. The van der Waals surface area contributed by atoms with Crippen molar-refractivity contribution in [2.24, 2.45) is 16.8 Å². The summed E-state index contributed by atoms with van der Waals surface area (Å²) in [5, 5.41) is 3.31. The van der Waals surface area contributed by atoms with Crippen molar-refractivity contribution in [3.8, 4) is 0 Å². The van der Waals surface area contributed by atoms with Crippen LogP contribution in [0.3, 0.4) is 0 Å². The second-order valence-corrected chi connectivity index (χ2v) is 5.99. The third-order valence-electron chi connectivity index (χ3n) is 3.61. The van der Waals surface area contributed by atoms with Gasteiger partial charge in [0.05, 0.1) is 26.2 Å². The first-order valence-electron chi connectivity index (χ1n) is 8.27. The molecule has 1 fully saturated rings. The van der Waals surface area contributed by atoms with Crippen molar-refractivity contribution in [1.82, 2.24) is 10.2 Å². The smallest absolute Gasteiger partial charge is 0.308 e. The molecule has 0 amide bonds. The van der Waals surface area contributed by atoms with Crippen molar-refractivity contribution >= 4 is 11.9 Å². The van der Waals surface area contributed by atoms with Crippen molar-refractivity contribution in [2.75, 3.05) is 46.5 Å². The fourth-order valence-corrected chi connectivity index (χ4v) is 2.45. The highest BCUT2D eigenvalue weighted by molar-refractivity contribution is 5.80. The fraction of sp³-hybridized carbons (Fsp3) is 0.875. The Morgan fingerprint density at radius 2 is 2.05 bits per heavy atom. The molecule has 22 heavy (non-hydrogen) atoms. The van der Waals surface area contributed by atoms with Gasteiger partial charge in [-0.15, -0.1) is 0 Å². The minimum absolute atomic E-state index is 0.0264. The molecular formula is C16H31N3O3. The lowest BCUT2D eigenvalue weighted by Crippen LogP contribution is -2.46. The summed E-state index contributed by atoms with van der Waals surface area (Å²) >= 11 is 0. The largest absolute Gasteiger partial charge is 0.469 e. The quantitative estimate of drug-likeness (QED) is 0.334. The molecule has 6 heteroatoms. The van der Waals surface area contributed by atoms with E-state index in [0.717, 1.165) is 45.0 Å². The van der Waals surface area contributed by atoms with Crippen LogP contribution in [0.4, 0.5) is 0 Å². The van der Waals surface area contributed by atoms with Crippen LogP contribution in [0.15, 0.2) is 4.99 Å². The molecule has 1 aliphatic rings. The molecule has 1 heterocycles. The van der Waals surface area contributed by atoms with Gasteiger partial charge in [0.15, 0.2) is 5.96 Å². The molecule has 0 saturated carbocycles. The normalized spacial score (nSPS) is 17.0. The molecule has 0 radical (unpaired) electrons. The zero-order valence-electron chi connectivity index (χ0n) is 14.4. The fourth-order valence-electron chi connectivity index (χ4n) is 2.45. The predicted octanol–water partition coefficient (Wildman–Crippen LogP) is 1.51. The molecule has 6 nitrogen and oxygen atoms in total. The summed E-state index contributed by atoms with van der Waals surface area (Å²) < 4.78 is 10.4. The summed E-state index contributed by atoms with van der Waals surface area (Å²) in [6.45, 7) is 10.9. The lowest BCUT2D eigenvalue weighted by atomic mass is 9.97. The second kappa shape index (κ2) is 10.4. The summed E-state index contributed by atoms with van der Waals surface area (Å²) in [6.07, 6.45) is 1.64. The Bertz CT molecular complexity index is 351. The Balaban J connectivity index is 2.41. The van der Waals surface area contributed by atoms with Crippen molar-refractivity contribution < 1.29 is 14.3 Å². The van der Waals surface area contributed by atoms with Crippen molar-refractivity contribution in [3.63, 3.8) is 0 Å². The molecular weight excluding hydrogens is 282 g/mol. The first kappa shape index (κ1) is 18.7. The number of hydrogen-bond acceptors (Lipinski definition) is 4. The maximum absolute atomic E-state index is 11.6. The average Bonchev–Trinajstić information content (AvgIpc) is 2.52. The van der Waals surface area contributed by atoms with Gasteiger partial charge in [-0.3, -0.25) is 9.79 Å². The molecule has 128 valence electrons. The number of guanidine groups is 1. The maximum Gasteiger partial charge on any atom is 0.308 e. The van der Waals surface area contributed by atoms with Gasteiger partial charge in [-0.2, -0.15) is 0 Å². The number of likely N-dealkylation sites (tertiary alicyclic amines) is 1. The Hall–Kier alpha value is -1.30. The van der Waals surface area contributed by atoms with E-state index in [1.54, 1.807) is 0 Å². The number of esters is 1. The van der Waals surface area contributed by atoms with E-state index in [1.165, 1.54) is 7.11 Å². The molecule has 1 aliphatic heterocycles. The molecule has 0 aromatic rings. The van der Waals surface area contributed by atoms with Crippen LogP contribution < -0.4 is 5.32 Å². The Morgan fingerprint density at radius 3 is 2.59 bits per heavy atom. The lowest BCUT2D eigenvalue weighted by Gasteiger charge is -2.33. The van der Waals surface area contributed by atoms with E-state index >= 15 is 0 Å². The highest BCUT2D eigenvalue weighted by atomic mass is 16.5. The Kier molecular flexibility index (Phi) is 8.89. The first-order chi connectivity index (χ1) is 10.6. The van der Waals surface area contributed by atoms with Crippen LogP contribution in [0.5, 0.6) is 0 Å². The lowest BCUT2D eigenvalue weighted by molar-refractivity contribution is -0.146. The van der Waals surface area contributed by atoms with E-state index in [4.69, 9.17) is 9.47 Å². The highest BCUT2D eigenvalue weighted by Gasteiger charge is 2.26. The van der Waals surface area contributed by atoms with E-state index < -0.39 is 0 Å². The van der Waals surface area contributed by atoms with Crippen molar-refractivity contribution in [2.45, 2.75) is 33.6 Å². The van der Waals surface area contributed by atoms with Crippen molar-refractivity contribution in [1.29, 1.82) is 0 Å². The molecule has 1 saturated heterocycles. The Labute approximate surface area is 134 Å². The number of ether oxygens (including phenoxy) is 2. The number of hydrogen-bond donors (Lipinski definition) is 1. The summed E-state index contributed by atoms with van der Waals surface area (Å²) in [5.41, 5.74) is 0. The summed E-state index contributed by atoms with van der Waals surface area (Å²) in [6, 6.07) is 0. The van der Waals surface area contributed by atoms with E-state index in [9.17, 15) is 4.79 Å². The maximum atomic E-state index is 11.6. The van der Waals surface area contributed by atoms with E-state index in [-0.39, 0.29) is 11.9 Å². The molecule has 0 atom stereocenters. The number of carbonyl (C=O) groups excluding carboxylic acids is 1. The summed E-state index contributed by atoms with van der Waals surface area (Å²) in [7, 11) is 1.46. The second-order valence-electron chi connectivity index (χ2n) is 5.99. The SMILES string of the molecule is CCNC(=NCCOCC(C)C)N1CCC(C(=O)OC)CC1. The van der Waals surface area contributed by atoms with Gasteiger partial charge >= 0.3 is 5.97 Å².